The van der Waals surface area contributed by atoms with Crippen molar-refractivity contribution in [3.63, 3.8) is 0 Å². The molecule has 0 bridgehead atoms. The first-order valence-corrected chi connectivity index (χ1v) is 8.24. The molecule has 0 radical (unpaired) electrons. The molecule has 1 aliphatic heterocycles. The summed E-state index contributed by atoms with van der Waals surface area (Å²) in [6.45, 7) is 1.95. The fourth-order valence-corrected chi connectivity index (χ4v) is 3.88. The fourth-order valence-electron chi connectivity index (χ4n) is 3.52. The molecular weight excluding hydrogens is 342 g/mol. The van der Waals surface area contributed by atoms with Gasteiger partial charge in [-0.05, 0) is 48.2 Å². The SMILES string of the molecule is Brc1ccc2c(c1)C1(CC1)CN(c1ccc3nncn3n1)C2. The van der Waals surface area contributed by atoms with E-state index in [1.807, 2.05) is 12.1 Å². The van der Waals surface area contributed by atoms with E-state index in [1.54, 1.807) is 10.8 Å². The van der Waals surface area contributed by atoms with Crippen molar-refractivity contribution in [2.24, 2.45) is 0 Å². The molecule has 6 heteroatoms. The maximum Gasteiger partial charge on any atom is 0.177 e. The molecule has 1 fully saturated rings. The van der Waals surface area contributed by atoms with Crippen molar-refractivity contribution in [2.75, 3.05) is 11.4 Å². The number of benzene rings is 1. The van der Waals surface area contributed by atoms with Crippen LogP contribution in [0.4, 0.5) is 5.82 Å². The quantitative estimate of drug-likeness (QED) is 0.673. The highest BCUT2D eigenvalue weighted by Gasteiger charge is 2.49. The number of fused-ring (bicyclic) bond motifs is 3. The Morgan fingerprint density at radius 1 is 1.14 bits per heavy atom. The minimum absolute atomic E-state index is 0.321. The van der Waals surface area contributed by atoms with Gasteiger partial charge in [0.15, 0.2) is 5.65 Å². The van der Waals surface area contributed by atoms with Crippen LogP contribution in [0.5, 0.6) is 0 Å². The molecule has 0 atom stereocenters. The normalized spacial score (nSPS) is 18.7. The van der Waals surface area contributed by atoms with Gasteiger partial charge in [0, 0.05) is 23.0 Å². The molecule has 0 amide bonds. The maximum atomic E-state index is 4.65. The summed E-state index contributed by atoms with van der Waals surface area (Å²) in [6, 6.07) is 10.7. The highest BCUT2D eigenvalue weighted by Crippen LogP contribution is 2.53. The first kappa shape index (κ1) is 12.6. The maximum absolute atomic E-state index is 4.65. The summed E-state index contributed by atoms with van der Waals surface area (Å²) in [5.74, 6) is 0.993. The van der Waals surface area contributed by atoms with Gasteiger partial charge in [-0.1, -0.05) is 22.0 Å². The van der Waals surface area contributed by atoms with E-state index in [4.69, 9.17) is 0 Å². The van der Waals surface area contributed by atoms with E-state index in [0.717, 1.165) is 24.6 Å². The number of nitrogens with zero attached hydrogens (tertiary/aromatic N) is 5. The van der Waals surface area contributed by atoms with Gasteiger partial charge in [-0.3, -0.25) is 0 Å². The molecule has 0 N–H and O–H groups in total. The fraction of sp³-hybridized carbons (Fsp3) is 0.312. The molecule has 5 nitrogen and oxygen atoms in total. The molecule has 0 saturated heterocycles. The van der Waals surface area contributed by atoms with Gasteiger partial charge < -0.3 is 4.90 Å². The first-order valence-electron chi connectivity index (χ1n) is 7.45. The molecule has 5 rings (SSSR count). The lowest BCUT2D eigenvalue weighted by molar-refractivity contribution is 0.584. The third-order valence-electron chi connectivity index (χ3n) is 4.82. The van der Waals surface area contributed by atoms with Crippen LogP contribution in [0, 0.1) is 0 Å². The molecule has 3 aromatic rings. The van der Waals surface area contributed by atoms with Crippen LogP contribution in [0.25, 0.3) is 5.65 Å². The Morgan fingerprint density at radius 2 is 2.05 bits per heavy atom. The molecule has 2 aromatic heterocycles. The summed E-state index contributed by atoms with van der Waals surface area (Å²) < 4.78 is 2.92. The number of halogens is 1. The highest BCUT2D eigenvalue weighted by atomic mass is 79.9. The largest absolute Gasteiger partial charge is 0.350 e. The van der Waals surface area contributed by atoms with Crippen LogP contribution < -0.4 is 4.90 Å². The summed E-state index contributed by atoms with van der Waals surface area (Å²) in [4.78, 5) is 2.38. The van der Waals surface area contributed by atoms with Gasteiger partial charge in [0.2, 0.25) is 0 Å². The van der Waals surface area contributed by atoms with Gasteiger partial charge in [-0.15, -0.1) is 15.3 Å². The lowest BCUT2D eigenvalue weighted by Crippen LogP contribution is -2.38. The molecule has 22 heavy (non-hydrogen) atoms. The Morgan fingerprint density at radius 3 is 2.91 bits per heavy atom. The summed E-state index contributed by atoms with van der Waals surface area (Å²) in [6.07, 6.45) is 4.18. The monoisotopic (exact) mass is 355 g/mol. The Kier molecular flexibility index (Phi) is 2.45. The number of rotatable bonds is 1. The van der Waals surface area contributed by atoms with Crippen LogP contribution in [-0.4, -0.2) is 26.4 Å². The Labute approximate surface area is 136 Å². The summed E-state index contributed by atoms with van der Waals surface area (Å²) in [5.41, 5.74) is 4.04. The predicted molar refractivity (Wildman–Crippen MR) is 86.9 cm³/mol. The van der Waals surface area contributed by atoms with Crippen molar-refractivity contribution < 1.29 is 0 Å². The number of hydrogen-bond acceptors (Lipinski definition) is 4. The van der Waals surface area contributed by atoms with Crippen LogP contribution in [-0.2, 0) is 12.0 Å². The third kappa shape index (κ3) is 1.80. The molecule has 1 spiro atoms. The van der Waals surface area contributed by atoms with Gasteiger partial charge in [-0.25, -0.2) is 0 Å². The molecule has 110 valence electrons. The van der Waals surface area contributed by atoms with E-state index in [-0.39, 0.29) is 0 Å². The van der Waals surface area contributed by atoms with Crippen molar-refractivity contribution in [3.8, 4) is 0 Å². The zero-order valence-electron chi connectivity index (χ0n) is 11.9. The smallest absolute Gasteiger partial charge is 0.177 e. The zero-order valence-corrected chi connectivity index (χ0v) is 13.5. The van der Waals surface area contributed by atoms with Crippen LogP contribution in [0.2, 0.25) is 0 Å². The average molecular weight is 356 g/mol. The molecular formula is C16H14BrN5. The average Bonchev–Trinajstić information content (AvgIpc) is 3.13. The topological polar surface area (TPSA) is 46.3 Å². The Hall–Kier alpha value is -1.95. The lowest BCUT2D eigenvalue weighted by atomic mass is 9.87. The number of aromatic nitrogens is 4. The van der Waals surface area contributed by atoms with E-state index in [9.17, 15) is 0 Å². The van der Waals surface area contributed by atoms with Gasteiger partial charge in [0.05, 0.1) is 0 Å². The highest BCUT2D eigenvalue weighted by molar-refractivity contribution is 9.10. The Balaban J connectivity index is 1.58. The van der Waals surface area contributed by atoms with E-state index in [2.05, 4.69) is 54.3 Å². The van der Waals surface area contributed by atoms with Crippen LogP contribution >= 0.6 is 15.9 Å². The van der Waals surface area contributed by atoms with Gasteiger partial charge in [-0.2, -0.15) is 4.52 Å². The predicted octanol–water partition coefficient (Wildman–Crippen LogP) is 2.94. The first-order chi connectivity index (χ1) is 10.7. The molecule has 1 aromatic carbocycles. The van der Waals surface area contributed by atoms with Crippen molar-refractivity contribution in [3.05, 3.63) is 52.3 Å². The molecule has 3 heterocycles. The summed E-state index contributed by atoms with van der Waals surface area (Å²) in [5, 5.41) is 12.6. The molecule has 0 unspecified atom stereocenters. The minimum atomic E-state index is 0.321. The van der Waals surface area contributed by atoms with E-state index < -0.39 is 0 Å². The molecule has 2 aliphatic rings. The standard InChI is InChI=1S/C16H14BrN5/c17-12-2-1-11-8-21(9-16(5-6-16)13(11)7-12)15-4-3-14-19-18-10-22(14)20-15/h1-4,7,10H,5-6,8-9H2. The Bertz CT molecular complexity index is 883. The summed E-state index contributed by atoms with van der Waals surface area (Å²) >= 11 is 3.61. The van der Waals surface area contributed by atoms with Crippen molar-refractivity contribution in [1.29, 1.82) is 0 Å². The second-order valence-electron chi connectivity index (χ2n) is 6.26. The molecule has 1 aliphatic carbocycles. The van der Waals surface area contributed by atoms with Gasteiger partial charge >= 0.3 is 0 Å². The van der Waals surface area contributed by atoms with Gasteiger partial charge in [0.1, 0.15) is 12.1 Å². The van der Waals surface area contributed by atoms with Crippen molar-refractivity contribution in [2.45, 2.75) is 24.8 Å². The van der Waals surface area contributed by atoms with Crippen molar-refractivity contribution >= 4 is 27.4 Å². The van der Waals surface area contributed by atoms with Crippen LogP contribution in [0.1, 0.15) is 24.0 Å². The van der Waals surface area contributed by atoms with E-state index in [0.29, 0.717) is 5.41 Å². The van der Waals surface area contributed by atoms with E-state index >= 15 is 0 Å². The second-order valence-corrected chi connectivity index (χ2v) is 7.18. The van der Waals surface area contributed by atoms with Gasteiger partial charge in [0.25, 0.3) is 0 Å². The minimum Gasteiger partial charge on any atom is -0.350 e. The van der Waals surface area contributed by atoms with Crippen molar-refractivity contribution in [1.82, 2.24) is 19.8 Å². The van der Waals surface area contributed by atoms with E-state index in [1.165, 1.54) is 28.4 Å². The third-order valence-corrected chi connectivity index (χ3v) is 5.32. The van der Waals surface area contributed by atoms with Crippen LogP contribution in [0.3, 0.4) is 0 Å². The zero-order chi connectivity index (χ0) is 14.7. The summed E-state index contributed by atoms with van der Waals surface area (Å²) in [7, 11) is 0. The number of anilines is 1. The van der Waals surface area contributed by atoms with Crippen LogP contribution in [0.15, 0.2) is 41.1 Å². The lowest BCUT2D eigenvalue weighted by Gasteiger charge is -2.35. The number of hydrogen-bond donors (Lipinski definition) is 0. The molecule has 1 saturated carbocycles. The second kappa shape index (κ2) is 4.29.